The summed E-state index contributed by atoms with van der Waals surface area (Å²) in [5.74, 6) is -1.23. The molecule has 24 heavy (non-hydrogen) atoms. The predicted octanol–water partition coefficient (Wildman–Crippen LogP) is 2.64. The Morgan fingerprint density at radius 1 is 1.50 bits per heavy atom. The molecule has 1 aliphatic rings. The van der Waals surface area contributed by atoms with Crippen LogP contribution in [0.3, 0.4) is 0 Å². The zero-order valence-corrected chi connectivity index (χ0v) is 14.4. The van der Waals surface area contributed by atoms with Gasteiger partial charge in [-0.05, 0) is 35.3 Å². The highest BCUT2D eigenvalue weighted by molar-refractivity contribution is 8.15. The Balaban J connectivity index is 2.05. The number of aliphatic carboxylic acids is 1. The quantitative estimate of drug-likeness (QED) is 0.672. The summed E-state index contributed by atoms with van der Waals surface area (Å²) in [6.45, 7) is 1.67. The van der Waals surface area contributed by atoms with Gasteiger partial charge in [0.25, 0.3) is 0 Å². The van der Waals surface area contributed by atoms with Gasteiger partial charge in [-0.3, -0.25) is 9.59 Å². The van der Waals surface area contributed by atoms with Gasteiger partial charge in [0.05, 0.1) is 0 Å². The summed E-state index contributed by atoms with van der Waals surface area (Å²) in [4.78, 5) is 24.0. The Bertz CT molecular complexity index is 783. The van der Waals surface area contributed by atoms with E-state index in [1.165, 1.54) is 0 Å². The molecule has 1 aromatic rings. The third-order valence-electron chi connectivity index (χ3n) is 3.35. The van der Waals surface area contributed by atoms with E-state index in [2.05, 4.69) is 16.1 Å². The molecule has 1 amide bonds. The van der Waals surface area contributed by atoms with E-state index in [0.29, 0.717) is 15.7 Å². The van der Waals surface area contributed by atoms with Gasteiger partial charge in [0, 0.05) is 28.3 Å². The Morgan fingerprint density at radius 2 is 2.25 bits per heavy atom. The lowest BCUT2D eigenvalue weighted by atomic mass is 10.1. The molecule has 0 saturated heterocycles. The van der Waals surface area contributed by atoms with Crippen LogP contribution in [0.2, 0.25) is 5.02 Å². The number of hydrogen-bond acceptors (Lipinski definition) is 4. The van der Waals surface area contributed by atoms with Crippen LogP contribution in [0, 0.1) is 17.2 Å². The van der Waals surface area contributed by atoms with Crippen LogP contribution in [-0.2, 0) is 9.59 Å². The molecule has 1 heterocycles. The van der Waals surface area contributed by atoms with Gasteiger partial charge in [-0.15, -0.1) is 0 Å². The van der Waals surface area contributed by atoms with Crippen molar-refractivity contribution in [2.75, 3.05) is 0 Å². The van der Waals surface area contributed by atoms with E-state index in [4.69, 9.17) is 16.7 Å². The second-order valence-corrected chi connectivity index (χ2v) is 7.39. The van der Waals surface area contributed by atoms with E-state index in [-0.39, 0.29) is 18.7 Å². The van der Waals surface area contributed by atoms with Crippen molar-refractivity contribution >= 4 is 39.0 Å². The number of carbonyl (C=O) groups is 2. The minimum atomic E-state index is -0.935. The number of amides is 1. The van der Waals surface area contributed by atoms with Crippen molar-refractivity contribution in [1.29, 1.82) is 5.26 Å². The smallest absolute Gasteiger partial charge is 0.303 e. The highest BCUT2D eigenvalue weighted by Crippen LogP contribution is 2.31. The molecule has 126 valence electrons. The molecule has 6 nitrogen and oxygen atoms in total. The van der Waals surface area contributed by atoms with Gasteiger partial charge in [-0.1, -0.05) is 24.6 Å². The van der Waals surface area contributed by atoms with Crippen molar-refractivity contribution in [2.45, 2.75) is 24.7 Å². The van der Waals surface area contributed by atoms with Crippen LogP contribution >= 0.6 is 22.3 Å². The number of allylic oxidation sites excluding steroid dienone is 1. The van der Waals surface area contributed by atoms with Gasteiger partial charge < -0.3 is 15.1 Å². The normalized spacial score (nSPS) is 17.5. The molecule has 3 N–H and O–H groups in total. The molecule has 0 saturated carbocycles. The first-order valence-corrected chi connectivity index (χ1v) is 8.79. The lowest BCUT2D eigenvalue weighted by Crippen LogP contribution is -2.32. The monoisotopic (exact) mass is 365 g/mol. The summed E-state index contributed by atoms with van der Waals surface area (Å²) in [6.07, 6.45) is 1.78. The first-order chi connectivity index (χ1) is 11.4. The fraction of sp³-hybridized carbons (Fsp3) is 0.250. The van der Waals surface area contributed by atoms with Crippen molar-refractivity contribution in [3.63, 3.8) is 0 Å². The molecule has 1 aromatic carbocycles. The molecular weight excluding hydrogens is 350 g/mol. The fourth-order valence-electron chi connectivity index (χ4n) is 2.03. The fourth-order valence-corrected chi connectivity index (χ4v) is 3.88. The van der Waals surface area contributed by atoms with Crippen LogP contribution in [0.25, 0.3) is 0 Å². The van der Waals surface area contributed by atoms with Crippen molar-refractivity contribution < 1.29 is 14.7 Å². The van der Waals surface area contributed by atoms with E-state index in [1.807, 2.05) is 6.07 Å². The first-order valence-electron chi connectivity index (χ1n) is 7.18. The van der Waals surface area contributed by atoms with Crippen molar-refractivity contribution in [2.24, 2.45) is 5.92 Å². The second kappa shape index (κ2) is 7.99. The van der Waals surface area contributed by atoms with Gasteiger partial charge >= 0.3 is 5.97 Å². The number of nitrogens with one attached hydrogen (secondary N) is 2. The molecule has 0 fully saturated rings. The van der Waals surface area contributed by atoms with Gasteiger partial charge in [-0.25, -0.2) is 0 Å². The lowest BCUT2D eigenvalue weighted by Gasteiger charge is -2.14. The minimum Gasteiger partial charge on any atom is -0.481 e. The SMILES string of the molecule is C[C@@H](CCC(=O)O)C(=O)NC1=CC(C#N)=S(c2cccc(Cl)c2)N1. The zero-order valence-electron chi connectivity index (χ0n) is 12.9. The summed E-state index contributed by atoms with van der Waals surface area (Å²) in [5.41, 5.74) is 0. The van der Waals surface area contributed by atoms with Crippen LogP contribution in [0.1, 0.15) is 19.8 Å². The van der Waals surface area contributed by atoms with Crippen LogP contribution in [-0.4, -0.2) is 21.8 Å². The summed E-state index contributed by atoms with van der Waals surface area (Å²) in [5, 5.41) is 21.2. The van der Waals surface area contributed by atoms with Crippen LogP contribution in [0.4, 0.5) is 0 Å². The lowest BCUT2D eigenvalue weighted by molar-refractivity contribution is -0.137. The zero-order chi connectivity index (χ0) is 17.7. The Kier molecular flexibility index (Phi) is 6.01. The molecule has 2 atom stereocenters. The number of benzene rings is 1. The number of nitriles is 1. The Labute approximate surface area is 147 Å². The number of carboxylic acids is 1. The standard InChI is InChI=1S/C16H16ClN3O3S/c1-10(5-6-15(21)22)16(23)19-14-8-13(9-18)24(20-14)12-4-2-3-11(17)7-12/h2-4,7-8,10,20H,5-6H2,1H3,(H,19,23)(H,21,22)/t10-,24?/m0/s1. The summed E-state index contributed by atoms with van der Waals surface area (Å²) in [7, 11) is -0.690. The molecule has 0 aromatic heterocycles. The van der Waals surface area contributed by atoms with E-state index >= 15 is 0 Å². The van der Waals surface area contributed by atoms with Crippen LogP contribution < -0.4 is 10.0 Å². The van der Waals surface area contributed by atoms with Gasteiger partial charge in [0.2, 0.25) is 5.91 Å². The molecule has 0 radical (unpaired) electrons. The third-order valence-corrected chi connectivity index (χ3v) is 5.38. The maximum atomic E-state index is 12.1. The molecule has 0 aliphatic carbocycles. The van der Waals surface area contributed by atoms with Gasteiger partial charge in [0.1, 0.15) is 16.8 Å². The molecular formula is C16H16ClN3O3S. The van der Waals surface area contributed by atoms with Crippen molar-refractivity contribution in [1.82, 2.24) is 10.0 Å². The van der Waals surface area contributed by atoms with Crippen molar-refractivity contribution in [3.8, 4) is 6.07 Å². The van der Waals surface area contributed by atoms with E-state index in [9.17, 15) is 14.9 Å². The molecule has 2 rings (SSSR count). The minimum absolute atomic E-state index is 0.0659. The summed E-state index contributed by atoms with van der Waals surface area (Å²) in [6, 6.07) is 9.29. The summed E-state index contributed by atoms with van der Waals surface area (Å²) < 4.78 is 3.11. The maximum absolute atomic E-state index is 12.1. The Morgan fingerprint density at radius 3 is 2.88 bits per heavy atom. The van der Waals surface area contributed by atoms with Crippen molar-refractivity contribution in [3.05, 3.63) is 41.2 Å². The summed E-state index contributed by atoms with van der Waals surface area (Å²) >= 11 is 5.99. The van der Waals surface area contributed by atoms with Gasteiger partial charge in [0.15, 0.2) is 0 Å². The number of carbonyl (C=O) groups excluding carboxylic acids is 1. The third kappa shape index (κ3) is 4.60. The molecule has 0 bridgehead atoms. The Hall–Kier alpha value is -2.30. The number of halogens is 1. The number of carboxylic acid groups (broad SMARTS) is 1. The maximum Gasteiger partial charge on any atom is 0.303 e. The number of hydrogen-bond donors (Lipinski definition) is 3. The van der Waals surface area contributed by atoms with Gasteiger partial charge in [-0.2, -0.15) is 5.26 Å². The van der Waals surface area contributed by atoms with E-state index in [1.54, 1.807) is 31.2 Å². The second-order valence-electron chi connectivity index (χ2n) is 5.22. The number of rotatable bonds is 6. The molecule has 1 unspecified atom stereocenters. The largest absolute Gasteiger partial charge is 0.481 e. The molecule has 0 spiro atoms. The molecule has 8 heteroatoms. The van der Waals surface area contributed by atoms with E-state index in [0.717, 1.165) is 4.90 Å². The topological polar surface area (TPSA) is 102 Å². The highest BCUT2D eigenvalue weighted by atomic mass is 35.5. The average Bonchev–Trinajstić information content (AvgIpc) is 2.95. The number of nitrogens with zero attached hydrogens (tertiary/aromatic N) is 1. The van der Waals surface area contributed by atoms with E-state index < -0.39 is 22.6 Å². The van der Waals surface area contributed by atoms with Crippen LogP contribution in [0.15, 0.2) is 41.1 Å². The van der Waals surface area contributed by atoms with Crippen LogP contribution in [0.5, 0.6) is 0 Å². The predicted molar refractivity (Wildman–Crippen MR) is 93.3 cm³/mol. The highest BCUT2D eigenvalue weighted by Gasteiger charge is 2.20. The average molecular weight is 366 g/mol. The first kappa shape index (κ1) is 18.0. The molecule has 1 aliphatic heterocycles.